The number of pyridine rings is 2. The fraction of sp³-hybridized carbons (Fsp3) is 0.238. The van der Waals surface area contributed by atoms with Crippen molar-refractivity contribution >= 4 is 28.3 Å². The Morgan fingerprint density at radius 2 is 1.97 bits per heavy atom. The van der Waals surface area contributed by atoms with Gasteiger partial charge in [-0.1, -0.05) is 17.7 Å². The van der Waals surface area contributed by atoms with Crippen LogP contribution in [0.3, 0.4) is 0 Å². The van der Waals surface area contributed by atoms with Crippen LogP contribution in [0.2, 0.25) is 5.02 Å². The zero-order chi connectivity index (χ0) is 20.4. The van der Waals surface area contributed by atoms with Gasteiger partial charge in [0.05, 0.1) is 23.6 Å². The summed E-state index contributed by atoms with van der Waals surface area (Å²) in [5.74, 6) is 1.30. The van der Waals surface area contributed by atoms with Gasteiger partial charge in [0.15, 0.2) is 5.82 Å². The van der Waals surface area contributed by atoms with Crippen LogP contribution in [0.15, 0.2) is 42.9 Å². The summed E-state index contributed by atoms with van der Waals surface area (Å²) in [6, 6.07) is 9.92. The standard InChI is InChI=1S/C21H22ClN7/c1-13-5-20(23)27-14(2)18(13)9-24-10-21-26-12-29(28-21)11-15-3-4-19-16(6-15)7-17(22)8-25-19/h3-8,12,24H,9-11H2,1-2H3,(H2,23,27). The molecule has 0 bridgehead atoms. The van der Waals surface area contributed by atoms with Crippen molar-refractivity contribution in [1.82, 2.24) is 30.0 Å². The number of nitrogen functional groups attached to an aromatic ring is 1. The van der Waals surface area contributed by atoms with Crippen LogP contribution in [-0.2, 0) is 19.6 Å². The van der Waals surface area contributed by atoms with Crippen molar-refractivity contribution in [2.45, 2.75) is 33.5 Å². The molecule has 0 unspecified atom stereocenters. The Kier molecular flexibility index (Phi) is 5.42. The number of anilines is 1. The van der Waals surface area contributed by atoms with Crippen LogP contribution in [0.5, 0.6) is 0 Å². The predicted octanol–water partition coefficient (Wildman–Crippen LogP) is 3.41. The predicted molar refractivity (Wildman–Crippen MR) is 115 cm³/mol. The first kappa shape index (κ1) is 19.3. The highest BCUT2D eigenvalue weighted by molar-refractivity contribution is 6.31. The van der Waals surface area contributed by atoms with Gasteiger partial charge in [-0.2, -0.15) is 5.10 Å². The van der Waals surface area contributed by atoms with E-state index < -0.39 is 0 Å². The zero-order valence-corrected chi connectivity index (χ0v) is 17.1. The Balaban J connectivity index is 1.39. The monoisotopic (exact) mass is 407 g/mol. The largest absolute Gasteiger partial charge is 0.384 e. The van der Waals surface area contributed by atoms with Gasteiger partial charge in [-0.05, 0) is 54.8 Å². The number of nitrogens with zero attached hydrogens (tertiary/aromatic N) is 5. The fourth-order valence-electron chi connectivity index (χ4n) is 3.38. The van der Waals surface area contributed by atoms with Crippen molar-refractivity contribution in [2.24, 2.45) is 0 Å². The van der Waals surface area contributed by atoms with Gasteiger partial charge in [-0.3, -0.25) is 4.98 Å². The summed E-state index contributed by atoms with van der Waals surface area (Å²) in [6.07, 6.45) is 3.41. The number of fused-ring (bicyclic) bond motifs is 1. The molecule has 4 aromatic rings. The van der Waals surface area contributed by atoms with Gasteiger partial charge in [0, 0.05) is 23.8 Å². The molecule has 0 aliphatic carbocycles. The lowest BCUT2D eigenvalue weighted by Gasteiger charge is -2.10. The van der Waals surface area contributed by atoms with Crippen molar-refractivity contribution < 1.29 is 0 Å². The summed E-state index contributed by atoms with van der Waals surface area (Å²) >= 11 is 6.05. The first-order valence-electron chi connectivity index (χ1n) is 9.34. The molecule has 0 fully saturated rings. The van der Waals surface area contributed by atoms with E-state index in [2.05, 4.69) is 31.4 Å². The summed E-state index contributed by atoms with van der Waals surface area (Å²) in [5, 5.41) is 9.59. The average molecular weight is 408 g/mol. The van der Waals surface area contributed by atoms with E-state index in [1.807, 2.05) is 42.8 Å². The lowest BCUT2D eigenvalue weighted by molar-refractivity contribution is 0.627. The summed E-state index contributed by atoms with van der Waals surface area (Å²) < 4.78 is 1.83. The molecule has 7 nitrogen and oxygen atoms in total. The number of halogens is 1. The van der Waals surface area contributed by atoms with E-state index in [0.717, 1.165) is 39.1 Å². The lowest BCUT2D eigenvalue weighted by atomic mass is 10.1. The Morgan fingerprint density at radius 1 is 1.10 bits per heavy atom. The van der Waals surface area contributed by atoms with Crippen molar-refractivity contribution in [2.75, 3.05) is 5.73 Å². The molecule has 0 amide bonds. The minimum atomic E-state index is 0.552. The second-order valence-electron chi connectivity index (χ2n) is 7.07. The van der Waals surface area contributed by atoms with E-state index in [1.165, 1.54) is 0 Å². The molecule has 3 aromatic heterocycles. The third-order valence-corrected chi connectivity index (χ3v) is 5.01. The highest BCUT2D eigenvalue weighted by atomic mass is 35.5. The van der Waals surface area contributed by atoms with Crippen molar-refractivity contribution in [3.8, 4) is 0 Å². The summed E-state index contributed by atoms with van der Waals surface area (Å²) in [7, 11) is 0. The number of nitrogens with two attached hydrogens (primary N) is 1. The number of hydrogen-bond donors (Lipinski definition) is 2. The zero-order valence-electron chi connectivity index (χ0n) is 16.4. The number of aryl methyl sites for hydroxylation is 2. The van der Waals surface area contributed by atoms with E-state index in [4.69, 9.17) is 17.3 Å². The highest BCUT2D eigenvalue weighted by Gasteiger charge is 2.07. The van der Waals surface area contributed by atoms with Gasteiger partial charge in [-0.25, -0.2) is 14.6 Å². The normalized spacial score (nSPS) is 11.3. The minimum Gasteiger partial charge on any atom is -0.384 e. The van der Waals surface area contributed by atoms with Crippen molar-refractivity contribution in [3.05, 3.63) is 76.1 Å². The molecule has 0 atom stereocenters. The van der Waals surface area contributed by atoms with Gasteiger partial charge >= 0.3 is 0 Å². The number of nitrogens with one attached hydrogen (secondary N) is 1. The Hall–Kier alpha value is -3.03. The summed E-state index contributed by atoms with van der Waals surface area (Å²) in [4.78, 5) is 13.0. The molecule has 0 aliphatic heterocycles. The lowest BCUT2D eigenvalue weighted by Crippen LogP contribution is -2.16. The SMILES string of the molecule is Cc1cc(N)nc(C)c1CNCc1ncn(Cc2ccc3ncc(Cl)cc3c2)n1. The van der Waals surface area contributed by atoms with Crippen LogP contribution in [0.4, 0.5) is 5.82 Å². The maximum absolute atomic E-state index is 6.05. The summed E-state index contributed by atoms with van der Waals surface area (Å²) in [6.45, 7) is 5.92. The third-order valence-electron chi connectivity index (χ3n) is 4.80. The van der Waals surface area contributed by atoms with Gasteiger partial charge in [0.2, 0.25) is 0 Å². The third kappa shape index (κ3) is 4.52. The Labute approximate surface area is 174 Å². The molecule has 0 radical (unpaired) electrons. The van der Waals surface area contributed by atoms with Crippen molar-refractivity contribution in [3.63, 3.8) is 0 Å². The highest BCUT2D eigenvalue weighted by Crippen LogP contribution is 2.19. The Bertz CT molecular complexity index is 1150. The molecule has 148 valence electrons. The Morgan fingerprint density at radius 3 is 2.79 bits per heavy atom. The molecular weight excluding hydrogens is 386 g/mol. The minimum absolute atomic E-state index is 0.552. The number of rotatable bonds is 6. The molecular formula is C21H22ClN7. The fourth-order valence-corrected chi connectivity index (χ4v) is 3.55. The van der Waals surface area contributed by atoms with Gasteiger partial charge in [0.25, 0.3) is 0 Å². The molecule has 3 heterocycles. The smallest absolute Gasteiger partial charge is 0.164 e. The number of aromatic nitrogens is 5. The second-order valence-corrected chi connectivity index (χ2v) is 7.51. The quantitative estimate of drug-likeness (QED) is 0.508. The van der Waals surface area contributed by atoms with E-state index >= 15 is 0 Å². The molecule has 29 heavy (non-hydrogen) atoms. The maximum atomic E-state index is 6.05. The second kappa shape index (κ2) is 8.14. The molecule has 0 saturated heterocycles. The molecule has 1 aromatic carbocycles. The van der Waals surface area contributed by atoms with E-state index in [1.54, 1.807) is 12.5 Å². The van der Waals surface area contributed by atoms with E-state index in [-0.39, 0.29) is 0 Å². The van der Waals surface area contributed by atoms with Crippen LogP contribution < -0.4 is 11.1 Å². The van der Waals surface area contributed by atoms with Crippen LogP contribution in [0, 0.1) is 13.8 Å². The topological polar surface area (TPSA) is 94.5 Å². The maximum Gasteiger partial charge on any atom is 0.164 e. The van der Waals surface area contributed by atoms with Crippen LogP contribution in [0.1, 0.15) is 28.2 Å². The van der Waals surface area contributed by atoms with Gasteiger partial charge < -0.3 is 11.1 Å². The number of hydrogen-bond acceptors (Lipinski definition) is 6. The van der Waals surface area contributed by atoms with Crippen LogP contribution >= 0.6 is 11.6 Å². The van der Waals surface area contributed by atoms with Gasteiger partial charge in [0.1, 0.15) is 12.1 Å². The van der Waals surface area contributed by atoms with Crippen LogP contribution in [0.25, 0.3) is 10.9 Å². The molecule has 3 N–H and O–H groups in total. The first-order valence-corrected chi connectivity index (χ1v) is 9.71. The molecule has 0 aliphatic rings. The number of benzene rings is 1. The van der Waals surface area contributed by atoms with Crippen molar-refractivity contribution in [1.29, 1.82) is 0 Å². The average Bonchev–Trinajstić information content (AvgIpc) is 3.10. The molecule has 0 saturated carbocycles. The summed E-state index contributed by atoms with van der Waals surface area (Å²) in [5.41, 5.74) is 11.1. The van der Waals surface area contributed by atoms with Gasteiger partial charge in [-0.15, -0.1) is 0 Å². The van der Waals surface area contributed by atoms with E-state index in [0.29, 0.717) is 30.5 Å². The van der Waals surface area contributed by atoms with E-state index in [9.17, 15) is 0 Å². The molecule has 4 rings (SSSR count). The molecule has 0 spiro atoms. The molecule has 8 heteroatoms. The van der Waals surface area contributed by atoms with Crippen LogP contribution in [-0.4, -0.2) is 24.7 Å². The first-order chi connectivity index (χ1) is 14.0.